The van der Waals surface area contributed by atoms with Crippen LogP contribution in [0.1, 0.15) is 33.6 Å². The molecule has 0 bridgehead atoms. The third kappa shape index (κ3) is 7.05. The van der Waals surface area contributed by atoms with Crippen LogP contribution in [0.4, 0.5) is 0 Å². The van der Waals surface area contributed by atoms with Gasteiger partial charge in [-0.25, -0.2) is 5.43 Å². The number of primary amides is 1. The predicted molar refractivity (Wildman–Crippen MR) is 80.2 cm³/mol. The van der Waals surface area contributed by atoms with E-state index < -0.39 is 54.2 Å². The Labute approximate surface area is 139 Å². The summed E-state index contributed by atoms with van der Waals surface area (Å²) in [7, 11) is 0. The number of hydrazine groups is 1. The summed E-state index contributed by atoms with van der Waals surface area (Å²) in [6.07, 6.45) is -0.882. The fourth-order valence-electron chi connectivity index (χ4n) is 1.76. The van der Waals surface area contributed by atoms with Gasteiger partial charge in [-0.15, -0.1) is 0 Å². The van der Waals surface area contributed by atoms with E-state index >= 15 is 0 Å². The zero-order chi connectivity index (χ0) is 19.9. The van der Waals surface area contributed by atoms with Gasteiger partial charge in [-0.05, 0) is 20.3 Å². The molecule has 0 aliphatic carbocycles. The van der Waals surface area contributed by atoms with Gasteiger partial charge in [0.05, 0.1) is 0 Å². The second-order valence-electron chi connectivity index (χ2n) is 5.07. The maximum atomic E-state index is 12.5. The van der Waals surface area contributed by atoms with Crippen molar-refractivity contribution < 1.29 is 35.6 Å². The van der Waals surface area contributed by atoms with Crippen molar-refractivity contribution >= 4 is 29.7 Å². The minimum Gasteiger partial charge on any atom is -0.481 e. The molecule has 0 aromatic heterocycles. The van der Waals surface area contributed by atoms with Gasteiger partial charge in [0, 0.05) is 13.3 Å². The van der Waals surface area contributed by atoms with Crippen LogP contribution in [-0.2, 0) is 24.0 Å². The van der Waals surface area contributed by atoms with Crippen molar-refractivity contribution in [3.63, 3.8) is 0 Å². The molecule has 3 amide bonds. The van der Waals surface area contributed by atoms with E-state index in [1.807, 2.05) is 0 Å². The van der Waals surface area contributed by atoms with Crippen LogP contribution in [0.15, 0.2) is 0 Å². The zero-order valence-corrected chi connectivity index (χ0v) is 13.6. The average molecular weight is 347 g/mol. The van der Waals surface area contributed by atoms with E-state index in [0.717, 1.165) is 6.92 Å². The number of rotatable bonds is 10. The zero-order valence-electron chi connectivity index (χ0n) is 14.6. The first-order valence-corrected chi connectivity index (χ1v) is 7.01. The fraction of sp³-hybridized carbons (Fsp3) is 0.615. The third-order valence-corrected chi connectivity index (χ3v) is 2.95. The Morgan fingerprint density at radius 3 is 2.08 bits per heavy atom. The number of nitrogens with zero attached hydrogens (tertiary/aromatic N) is 1. The van der Waals surface area contributed by atoms with Crippen molar-refractivity contribution in [2.24, 2.45) is 5.73 Å². The lowest BCUT2D eigenvalue weighted by Crippen LogP contribution is -2.62. The van der Waals surface area contributed by atoms with E-state index in [0.29, 0.717) is 10.3 Å². The molecule has 0 unspecified atom stereocenters. The summed E-state index contributed by atoms with van der Waals surface area (Å²) in [5.41, 5.74) is 7.47. The van der Waals surface area contributed by atoms with Gasteiger partial charge in [0.1, 0.15) is 18.1 Å². The smallest absolute Gasteiger partial charge is 0.322 e. The Morgan fingerprint density at radius 2 is 1.71 bits per heavy atom. The molecule has 0 radical (unpaired) electrons. The molecule has 3 atom stereocenters. The molecule has 0 saturated heterocycles. The summed E-state index contributed by atoms with van der Waals surface area (Å²) in [6.45, 7) is 3.43. The molecule has 0 aromatic carbocycles. The molecule has 0 heterocycles. The topological polar surface area (TPSA) is 179 Å². The van der Waals surface area contributed by atoms with Crippen molar-refractivity contribution in [2.45, 2.75) is 51.7 Å². The standard InChI is InChI=1S/C13H22N4O7/c1-6(15-8(3)18)12(22)17(16-7(2)13(23)24)9(11(14)21)4-5-10(19)20/h6-7,9,16H,4-5H2,1-3H3,(H2,14,21)(H,15,18)(H,19,20)(H,23,24)/t6-,7-,9-/m0/s1/i/hD. The lowest BCUT2D eigenvalue weighted by molar-refractivity contribution is -0.152. The van der Waals surface area contributed by atoms with Crippen LogP contribution in [-0.4, -0.2) is 63.0 Å². The number of aliphatic carboxylic acids is 2. The van der Waals surface area contributed by atoms with Crippen molar-refractivity contribution in [3.05, 3.63) is 0 Å². The molecule has 0 aliphatic rings. The Morgan fingerprint density at radius 1 is 1.17 bits per heavy atom. The largest absolute Gasteiger partial charge is 0.481 e. The van der Waals surface area contributed by atoms with Gasteiger partial charge in [0.15, 0.2) is 1.41 Å². The SMILES string of the molecule is [2H]N(C(C)=O)[C@@H](C)C(=O)N(N[C@@H](C)C(=O)O)[C@@H](CCC(=O)O)C(N)=O. The second kappa shape index (κ2) is 9.45. The normalized spacial score (nSPS) is 14.7. The minimum atomic E-state index is -1.48. The van der Waals surface area contributed by atoms with Crippen molar-refractivity contribution in [1.29, 1.82) is 0 Å². The van der Waals surface area contributed by atoms with Crippen molar-refractivity contribution in [1.82, 2.24) is 15.7 Å². The highest BCUT2D eigenvalue weighted by atomic mass is 16.4. The van der Waals surface area contributed by atoms with E-state index in [-0.39, 0.29) is 6.42 Å². The number of hydrogen-bond donors (Lipinski definition) is 5. The number of nitrogens with two attached hydrogens (primary N) is 1. The van der Waals surface area contributed by atoms with Gasteiger partial charge in [-0.1, -0.05) is 0 Å². The van der Waals surface area contributed by atoms with Gasteiger partial charge >= 0.3 is 11.9 Å². The lowest BCUT2D eigenvalue weighted by Gasteiger charge is -2.33. The summed E-state index contributed by atoms with van der Waals surface area (Å²) in [6, 6.07) is -4.16. The predicted octanol–water partition coefficient (Wildman–Crippen LogP) is -1.96. The number of carboxylic acids is 2. The monoisotopic (exact) mass is 347 g/mol. The number of carboxylic acid groups (broad SMARTS) is 2. The molecule has 0 aromatic rings. The second-order valence-corrected chi connectivity index (χ2v) is 5.07. The van der Waals surface area contributed by atoms with E-state index in [9.17, 15) is 24.0 Å². The first-order chi connectivity index (χ1) is 11.4. The van der Waals surface area contributed by atoms with Crippen LogP contribution in [0.3, 0.4) is 0 Å². The highest BCUT2D eigenvalue weighted by Crippen LogP contribution is 2.09. The van der Waals surface area contributed by atoms with Crippen LogP contribution in [0.25, 0.3) is 0 Å². The molecule has 0 aliphatic heterocycles. The maximum Gasteiger partial charge on any atom is 0.322 e. The number of carbonyl (C=O) groups excluding carboxylic acids is 3. The van der Waals surface area contributed by atoms with Crippen LogP contribution < -0.4 is 16.5 Å². The Bertz CT molecular complexity index is 556. The number of nitrogens with one attached hydrogen (secondary N) is 2. The molecule has 11 nitrogen and oxygen atoms in total. The molecule has 0 fully saturated rings. The quantitative estimate of drug-likeness (QED) is 0.282. The lowest BCUT2D eigenvalue weighted by atomic mass is 10.1. The summed E-state index contributed by atoms with van der Waals surface area (Å²) in [5, 5.41) is 18.7. The Balaban J connectivity index is 5.66. The van der Waals surface area contributed by atoms with Gasteiger partial charge < -0.3 is 21.3 Å². The minimum absolute atomic E-state index is 0.345. The molecule has 0 spiro atoms. The average Bonchev–Trinajstić information content (AvgIpc) is 2.50. The highest BCUT2D eigenvalue weighted by Gasteiger charge is 2.33. The van der Waals surface area contributed by atoms with Gasteiger partial charge in [-0.3, -0.25) is 29.0 Å². The van der Waals surface area contributed by atoms with Crippen LogP contribution in [0.5, 0.6) is 0 Å². The van der Waals surface area contributed by atoms with E-state index in [2.05, 4.69) is 5.43 Å². The molecule has 0 saturated carbocycles. The first-order valence-electron chi connectivity index (χ1n) is 7.46. The summed E-state index contributed by atoms with van der Waals surface area (Å²) < 4.78 is 7.52. The Kier molecular flexibility index (Phi) is 7.62. The maximum absolute atomic E-state index is 12.5. The first kappa shape index (κ1) is 19.4. The van der Waals surface area contributed by atoms with Gasteiger partial charge in [0.25, 0.3) is 5.91 Å². The fourth-order valence-corrected chi connectivity index (χ4v) is 1.76. The summed E-state index contributed by atoms with van der Waals surface area (Å²) >= 11 is 0. The summed E-state index contributed by atoms with van der Waals surface area (Å²) in [4.78, 5) is 57.2. The highest BCUT2D eigenvalue weighted by molar-refractivity contribution is 5.91. The summed E-state index contributed by atoms with van der Waals surface area (Å²) in [5.74, 6) is -5.39. The van der Waals surface area contributed by atoms with Gasteiger partial charge in [-0.2, -0.15) is 0 Å². The molecule has 6 N–H and O–H groups in total. The van der Waals surface area contributed by atoms with E-state index in [1.54, 1.807) is 0 Å². The molecule has 136 valence electrons. The van der Waals surface area contributed by atoms with Crippen LogP contribution in [0.2, 0.25) is 1.41 Å². The van der Waals surface area contributed by atoms with Crippen LogP contribution >= 0.6 is 0 Å². The molecule has 24 heavy (non-hydrogen) atoms. The van der Waals surface area contributed by atoms with E-state index in [1.165, 1.54) is 13.8 Å². The van der Waals surface area contributed by atoms with E-state index in [4.69, 9.17) is 17.4 Å². The molecule has 11 heteroatoms. The number of hydrogen-bond acceptors (Lipinski definition) is 6. The third-order valence-electron chi connectivity index (χ3n) is 2.95. The molecular formula is C13H22N4O7. The Hall–Kier alpha value is -2.69. The number of amides is 3. The number of carbonyl (C=O) groups is 5. The van der Waals surface area contributed by atoms with Crippen molar-refractivity contribution in [3.8, 4) is 0 Å². The van der Waals surface area contributed by atoms with Crippen LogP contribution in [0, 0.1) is 0 Å². The van der Waals surface area contributed by atoms with Crippen molar-refractivity contribution in [2.75, 3.05) is 0 Å². The molecular weight excluding hydrogens is 324 g/mol. The van der Waals surface area contributed by atoms with Gasteiger partial charge in [0.2, 0.25) is 11.8 Å². The molecule has 0 rings (SSSR count).